The van der Waals surface area contributed by atoms with Crippen LogP contribution in [0.5, 0.6) is 11.5 Å². The van der Waals surface area contributed by atoms with E-state index < -0.39 is 10.0 Å². The molecule has 2 aromatic rings. The maximum absolute atomic E-state index is 12.7. The third-order valence-corrected chi connectivity index (χ3v) is 5.46. The van der Waals surface area contributed by atoms with Crippen LogP contribution < -0.4 is 19.5 Å². The lowest BCUT2D eigenvalue weighted by atomic mass is 10.2. The van der Waals surface area contributed by atoms with E-state index >= 15 is 0 Å². The smallest absolute Gasteiger partial charge is 0.261 e. The molecule has 0 aliphatic rings. The van der Waals surface area contributed by atoms with Crippen LogP contribution in [0.1, 0.15) is 18.9 Å². The van der Waals surface area contributed by atoms with Crippen LogP contribution >= 0.6 is 0 Å². The normalized spacial score (nSPS) is 11.0. The molecule has 0 atom stereocenters. The molecule has 0 saturated carbocycles. The van der Waals surface area contributed by atoms with Gasteiger partial charge in [-0.3, -0.25) is 9.52 Å². The highest BCUT2D eigenvalue weighted by atomic mass is 32.2. The molecule has 30 heavy (non-hydrogen) atoms. The van der Waals surface area contributed by atoms with Crippen molar-refractivity contribution >= 4 is 21.6 Å². The zero-order chi connectivity index (χ0) is 22.0. The van der Waals surface area contributed by atoms with Crippen molar-refractivity contribution in [2.45, 2.75) is 25.2 Å². The number of carbonyl (C=O) groups is 1. The molecule has 0 fully saturated rings. The minimum Gasteiger partial charge on any atom is -0.494 e. The number of methoxy groups -OCH3 is 1. The van der Waals surface area contributed by atoms with Crippen LogP contribution in [0.25, 0.3) is 0 Å². The summed E-state index contributed by atoms with van der Waals surface area (Å²) in [6, 6.07) is 11.2. The van der Waals surface area contributed by atoms with Gasteiger partial charge in [-0.1, -0.05) is 0 Å². The monoisotopic (exact) mass is 436 g/mol. The molecule has 2 rings (SSSR count). The number of nitrogens with one attached hydrogen (secondary N) is 2. The predicted octanol–water partition coefficient (Wildman–Crippen LogP) is 2.73. The quantitative estimate of drug-likeness (QED) is 0.496. The number of hydrogen-bond donors (Lipinski definition) is 2. The zero-order valence-corrected chi connectivity index (χ0v) is 18.3. The highest BCUT2D eigenvalue weighted by Crippen LogP contribution is 2.24. The van der Waals surface area contributed by atoms with Crippen LogP contribution in [0.15, 0.2) is 47.4 Å². The van der Waals surface area contributed by atoms with Gasteiger partial charge >= 0.3 is 0 Å². The van der Waals surface area contributed by atoms with Crippen LogP contribution in [0.3, 0.4) is 0 Å². The molecule has 2 N–H and O–H groups in total. The fourth-order valence-corrected chi connectivity index (χ4v) is 3.73. The molecule has 0 aliphatic carbocycles. The average molecular weight is 437 g/mol. The topological polar surface area (TPSA) is 103 Å². The third-order valence-electron chi connectivity index (χ3n) is 4.08. The minimum atomic E-state index is -3.76. The molecular weight excluding hydrogens is 408 g/mol. The van der Waals surface area contributed by atoms with E-state index in [1.807, 2.05) is 6.92 Å². The standard InChI is InChI=1S/C21H28N2O6S/c1-4-28-18-8-6-17(7-9-18)23-30(25,26)19-10-11-20(16(2)14-19)29-15-21(24)22-12-5-13-27-3/h6-11,14,23H,4-5,12-13,15H2,1-3H3,(H,22,24). The van der Waals surface area contributed by atoms with E-state index in [9.17, 15) is 13.2 Å². The van der Waals surface area contributed by atoms with Crippen LogP contribution in [0.2, 0.25) is 0 Å². The molecule has 8 nitrogen and oxygen atoms in total. The number of carbonyl (C=O) groups excluding carboxylic acids is 1. The molecular formula is C21H28N2O6S. The number of aryl methyl sites for hydroxylation is 1. The summed E-state index contributed by atoms with van der Waals surface area (Å²) >= 11 is 0. The lowest BCUT2D eigenvalue weighted by Gasteiger charge is -2.13. The molecule has 0 bridgehead atoms. The van der Waals surface area contributed by atoms with E-state index in [0.717, 1.165) is 6.42 Å². The maximum Gasteiger partial charge on any atom is 0.261 e. The van der Waals surface area contributed by atoms with Crippen LogP contribution in [0.4, 0.5) is 5.69 Å². The molecule has 0 heterocycles. The number of benzene rings is 2. The van der Waals surface area contributed by atoms with Gasteiger partial charge in [0.2, 0.25) is 0 Å². The molecule has 2 aromatic carbocycles. The van der Waals surface area contributed by atoms with Crippen LogP contribution in [-0.4, -0.2) is 47.8 Å². The largest absolute Gasteiger partial charge is 0.494 e. The molecule has 9 heteroatoms. The van der Waals surface area contributed by atoms with Crippen molar-refractivity contribution in [2.24, 2.45) is 0 Å². The maximum atomic E-state index is 12.7. The minimum absolute atomic E-state index is 0.102. The number of amides is 1. The summed E-state index contributed by atoms with van der Waals surface area (Å²) in [5.41, 5.74) is 1.04. The first-order valence-corrected chi connectivity index (χ1v) is 11.1. The van der Waals surface area contributed by atoms with Gasteiger partial charge in [0.05, 0.1) is 11.5 Å². The predicted molar refractivity (Wildman–Crippen MR) is 115 cm³/mol. The van der Waals surface area contributed by atoms with E-state index in [1.165, 1.54) is 12.1 Å². The Labute approximate surface area is 177 Å². The summed E-state index contributed by atoms with van der Waals surface area (Å²) < 4.78 is 43.6. The van der Waals surface area contributed by atoms with Gasteiger partial charge in [-0.2, -0.15) is 0 Å². The molecule has 1 amide bonds. The number of sulfonamides is 1. The SMILES string of the molecule is CCOc1ccc(NS(=O)(=O)c2ccc(OCC(=O)NCCCOC)c(C)c2)cc1. The van der Waals surface area contributed by atoms with E-state index in [4.69, 9.17) is 14.2 Å². The first-order chi connectivity index (χ1) is 14.4. The van der Waals surface area contributed by atoms with E-state index in [1.54, 1.807) is 44.4 Å². The van der Waals surface area contributed by atoms with Gasteiger partial charge in [0.25, 0.3) is 15.9 Å². The summed E-state index contributed by atoms with van der Waals surface area (Å²) in [6.07, 6.45) is 0.717. The molecule has 0 aliphatic heterocycles. The van der Waals surface area contributed by atoms with Gasteiger partial charge in [-0.05, 0) is 68.3 Å². The second kappa shape index (κ2) is 11.4. The molecule has 0 radical (unpaired) electrons. The van der Waals surface area contributed by atoms with Crippen molar-refractivity contribution in [1.82, 2.24) is 5.32 Å². The zero-order valence-electron chi connectivity index (χ0n) is 17.4. The molecule has 0 aromatic heterocycles. The van der Waals surface area contributed by atoms with Gasteiger partial charge in [0.15, 0.2) is 6.61 Å². The summed E-state index contributed by atoms with van der Waals surface area (Å²) in [5, 5.41) is 2.72. The Morgan fingerprint density at radius 3 is 2.43 bits per heavy atom. The fourth-order valence-electron chi connectivity index (χ4n) is 2.59. The Bertz CT molecular complexity index is 929. The van der Waals surface area contributed by atoms with Crippen molar-refractivity contribution in [3.63, 3.8) is 0 Å². The molecule has 0 spiro atoms. The van der Waals surface area contributed by atoms with E-state index in [-0.39, 0.29) is 17.4 Å². The second-order valence-corrected chi connectivity index (χ2v) is 8.16. The van der Waals surface area contributed by atoms with Crippen LogP contribution in [-0.2, 0) is 19.6 Å². The number of ether oxygens (including phenoxy) is 3. The number of hydrogen-bond acceptors (Lipinski definition) is 6. The van der Waals surface area contributed by atoms with Gasteiger partial charge < -0.3 is 19.5 Å². The number of anilines is 1. The first kappa shape index (κ1) is 23.5. The second-order valence-electron chi connectivity index (χ2n) is 6.48. The third kappa shape index (κ3) is 7.23. The van der Waals surface area contributed by atoms with Gasteiger partial charge in [0.1, 0.15) is 11.5 Å². The van der Waals surface area contributed by atoms with Crippen molar-refractivity contribution in [3.05, 3.63) is 48.0 Å². The molecule has 0 unspecified atom stereocenters. The Balaban J connectivity index is 1.96. The van der Waals surface area contributed by atoms with Gasteiger partial charge in [-0.15, -0.1) is 0 Å². The van der Waals surface area contributed by atoms with Crippen LogP contribution in [0, 0.1) is 6.92 Å². The highest BCUT2D eigenvalue weighted by molar-refractivity contribution is 7.92. The van der Waals surface area contributed by atoms with Gasteiger partial charge in [0, 0.05) is 25.9 Å². The summed E-state index contributed by atoms with van der Waals surface area (Å²) in [6.45, 7) is 5.06. The fraction of sp³-hybridized carbons (Fsp3) is 0.381. The van der Waals surface area contributed by atoms with Crippen molar-refractivity contribution in [3.8, 4) is 11.5 Å². The highest BCUT2D eigenvalue weighted by Gasteiger charge is 2.16. The Hall–Kier alpha value is -2.78. The van der Waals surface area contributed by atoms with Crippen molar-refractivity contribution < 1.29 is 27.4 Å². The van der Waals surface area contributed by atoms with Gasteiger partial charge in [-0.25, -0.2) is 8.42 Å². The molecule has 164 valence electrons. The lowest BCUT2D eigenvalue weighted by molar-refractivity contribution is -0.123. The lowest BCUT2D eigenvalue weighted by Crippen LogP contribution is -2.30. The van der Waals surface area contributed by atoms with Crippen molar-refractivity contribution in [2.75, 3.05) is 38.2 Å². The summed E-state index contributed by atoms with van der Waals surface area (Å²) in [4.78, 5) is 11.9. The van der Waals surface area contributed by atoms with Crippen molar-refractivity contribution in [1.29, 1.82) is 0 Å². The molecule has 0 saturated heterocycles. The van der Waals surface area contributed by atoms with E-state index in [2.05, 4.69) is 10.0 Å². The number of rotatable bonds is 12. The summed E-state index contributed by atoms with van der Waals surface area (Å²) in [7, 11) is -2.16. The average Bonchev–Trinajstić information content (AvgIpc) is 2.71. The first-order valence-electron chi connectivity index (χ1n) is 9.60. The Kier molecular flexibility index (Phi) is 8.94. The van der Waals surface area contributed by atoms with E-state index in [0.29, 0.717) is 42.5 Å². The Morgan fingerprint density at radius 1 is 1.07 bits per heavy atom. The summed E-state index contributed by atoms with van der Waals surface area (Å²) in [5.74, 6) is 0.863. The Morgan fingerprint density at radius 2 is 1.80 bits per heavy atom.